The van der Waals surface area contributed by atoms with Gasteiger partial charge < -0.3 is 10.1 Å². The third-order valence-electron chi connectivity index (χ3n) is 5.68. The quantitative estimate of drug-likeness (QED) is 0.913. The summed E-state index contributed by atoms with van der Waals surface area (Å²) in [4.78, 5) is 12.6. The number of amides is 1. The Balaban J connectivity index is 1.52. The van der Waals surface area contributed by atoms with E-state index in [-0.39, 0.29) is 5.91 Å². The molecule has 1 N–H and O–H groups in total. The first-order valence-corrected chi connectivity index (χ1v) is 9.03. The predicted molar refractivity (Wildman–Crippen MR) is 84.2 cm³/mol. The highest BCUT2D eigenvalue weighted by Gasteiger charge is 2.48. The fourth-order valence-corrected chi connectivity index (χ4v) is 6.11. The van der Waals surface area contributed by atoms with Crippen LogP contribution in [0, 0.1) is 23.7 Å². The van der Waals surface area contributed by atoms with Crippen molar-refractivity contribution in [3.8, 4) is 5.75 Å². The molecule has 0 radical (unpaired) electrons. The average Bonchev–Trinajstić information content (AvgIpc) is 2.83. The van der Waals surface area contributed by atoms with Gasteiger partial charge in [0.25, 0.3) is 5.91 Å². The summed E-state index contributed by atoms with van der Waals surface area (Å²) in [6.07, 6.45) is 6.65. The molecule has 3 nitrogen and oxygen atoms in total. The van der Waals surface area contributed by atoms with Gasteiger partial charge >= 0.3 is 0 Å². The first kappa shape index (κ1) is 13.9. The zero-order valence-electron chi connectivity index (χ0n) is 12.1. The Labute approximate surface area is 134 Å². The molecule has 4 bridgehead atoms. The molecule has 1 aromatic rings. The highest BCUT2D eigenvalue weighted by molar-refractivity contribution is 7.15. The van der Waals surface area contributed by atoms with Gasteiger partial charge in [0.15, 0.2) is 5.75 Å². The number of ether oxygens (including phenoxy) is 1. The fraction of sp³-hybridized carbons (Fsp3) is 0.688. The molecule has 5 rings (SSSR count). The molecule has 1 amide bonds. The van der Waals surface area contributed by atoms with E-state index in [1.165, 1.54) is 43.4 Å². The number of rotatable bonds is 3. The summed E-state index contributed by atoms with van der Waals surface area (Å²) < 4.78 is 5.81. The molecule has 4 aliphatic carbocycles. The van der Waals surface area contributed by atoms with Gasteiger partial charge in [0.1, 0.15) is 4.34 Å². The molecule has 4 fully saturated rings. The van der Waals surface area contributed by atoms with Crippen LogP contribution in [0.5, 0.6) is 5.75 Å². The number of halogens is 1. The van der Waals surface area contributed by atoms with Crippen LogP contribution in [-0.2, 0) is 0 Å². The van der Waals surface area contributed by atoms with Crippen molar-refractivity contribution in [1.82, 2.24) is 5.32 Å². The molecule has 0 spiro atoms. The lowest BCUT2D eigenvalue weighted by atomic mass is 9.54. The summed E-state index contributed by atoms with van der Waals surface area (Å²) in [6.45, 7) is 0. The van der Waals surface area contributed by atoms with Crippen molar-refractivity contribution in [2.75, 3.05) is 7.11 Å². The maximum absolute atomic E-state index is 12.6. The minimum Gasteiger partial charge on any atom is -0.493 e. The summed E-state index contributed by atoms with van der Waals surface area (Å²) in [7, 11) is 1.56. The van der Waals surface area contributed by atoms with E-state index in [1.54, 1.807) is 12.5 Å². The minimum absolute atomic E-state index is 0.0209. The van der Waals surface area contributed by atoms with Crippen LogP contribution in [0.15, 0.2) is 5.38 Å². The Morgan fingerprint density at radius 3 is 2.43 bits per heavy atom. The van der Waals surface area contributed by atoms with Crippen molar-refractivity contribution < 1.29 is 9.53 Å². The molecular formula is C16H20ClNO2S. The van der Waals surface area contributed by atoms with Gasteiger partial charge in [0.05, 0.1) is 12.7 Å². The molecule has 4 aliphatic rings. The molecule has 5 heteroatoms. The van der Waals surface area contributed by atoms with Crippen molar-refractivity contribution in [1.29, 1.82) is 0 Å². The standard InChI is InChI=1S/C16H20ClNO2S/c1-20-14-12(7-21-15(14)17)16(19)18-13-10-3-8-2-9(5-10)6-11(13)4-8/h7-11,13H,2-6H2,1H3,(H,18,19). The van der Waals surface area contributed by atoms with Crippen molar-refractivity contribution in [3.63, 3.8) is 0 Å². The van der Waals surface area contributed by atoms with Gasteiger partial charge in [-0.2, -0.15) is 0 Å². The zero-order chi connectivity index (χ0) is 14.6. The van der Waals surface area contributed by atoms with E-state index in [4.69, 9.17) is 16.3 Å². The molecule has 0 unspecified atom stereocenters. The van der Waals surface area contributed by atoms with Crippen LogP contribution in [-0.4, -0.2) is 19.1 Å². The van der Waals surface area contributed by atoms with E-state index >= 15 is 0 Å². The molecule has 0 atom stereocenters. The molecule has 0 saturated heterocycles. The fourth-order valence-electron chi connectivity index (χ4n) is 5.06. The molecule has 0 aromatic carbocycles. The van der Waals surface area contributed by atoms with E-state index in [1.807, 2.05) is 0 Å². The van der Waals surface area contributed by atoms with E-state index < -0.39 is 0 Å². The second-order valence-electron chi connectivity index (χ2n) is 6.89. The summed E-state index contributed by atoms with van der Waals surface area (Å²) >= 11 is 7.42. The zero-order valence-corrected chi connectivity index (χ0v) is 13.7. The van der Waals surface area contributed by atoms with E-state index in [0.29, 0.717) is 33.5 Å². The minimum atomic E-state index is -0.0209. The smallest absolute Gasteiger partial charge is 0.256 e. The maximum atomic E-state index is 12.6. The average molecular weight is 326 g/mol. The summed E-state index contributed by atoms with van der Waals surface area (Å²) in [5, 5.41) is 5.09. The predicted octanol–water partition coefficient (Wildman–Crippen LogP) is 3.96. The first-order valence-electron chi connectivity index (χ1n) is 7.77. The lowest BCUT2D eigenvalue weighted by Gasteiger charge is -2.54. The Bertz CT molecular complexity index is 543. The Kier molecular flexibility index (Phi) is 3.42. The largest absolute Gasteiger partial charge is 0.493 e. The molecule has 4 saturated carbocycles. The van der Waals surface area contributed by atoms with Gasteiger partial charge in [-0.05, 0) is 55.8 Å². The second kappa shape index (κ2) is 5.17. The second-order valence-corrected chi connectivity index (χ2v) is 8.37. The monoisotopic (exact) mass is 325 g/mol. The van der Waals surface area contributed by atoms with Crippen LogP contribution in [0.25, 0.3) is 0 Å². The van der Waals surface area contributed by atoms with Crippen LogP contribution >= 0.6 is 22.9 Å². The molecular weight excluding hydrogens is 306 g/mol. The van der Waals surface area contributed by atoms with Crippen molar-refractivity contribution in [2.24, 2.45) is 23.7 Å². The third-order valence-corrected chi connectivity index (χ3v) is 6.86. The molecule has 0 aliphatic heterocycles. The van der Waals surface area contributed by atoms with E-state index in [0.717, 1.165) is 11.8 Å². The summed E-state index contributed by atoms with van der Waals surface area (Å²) in [5.41, 5.74) is 0.585. The number of nitrogens with one attached hydrogen (secondary N) is 1. The van der Waals surface area contributed by atoms with Gasteiger partial charge in [0.2, 0.25) is 0 Å². The van der Waals surface area contributed by atoms with Crippen molar-refractivity contribution in [2.45, 2.75) is 38.1 Å². The van der Waals surface area contributed by atoms with Crippen molar-refractivity contribution in [3.05, 3.63) is 15.3 Å². The first-order chi connectivity index (χ1) is 10.2. The van der Waals surface area contributed by atoms with Gasteiger partial charge in [-0.15, -0.1) is 11.3 Å². The molecule has 114 valence electrons. The van der Waals surface area contributed by atoms with Gasteiger partial charge in [-0.3, -0.25) is 4.79 Å². The highest BCUT2D eigenvalue weighted by Crippen LogP contribution is 2.53. The lowest BCUT2D eigenvalue weighted by molar-refractivity contribution is -0.0119. The van der Waals surface area contributed by atoms with Crippen molar-refractivity contribution >= 4 is 28.8 Å². The van der Waals surface area contributed by atoms with Gasteiger partial charge in [-0.1, -0.05) is 11.6 Å². The maximum Gasteiger partial charge on any atom is 0.256 e. The third kappa shape index (κ3) is 2.27. The Hall–Kier alpha value is -0.740. The Morgan fingerprint density at radius 1 is 1.24 bits per heavy atom. The Morgan fingerprint density at radius 2 is 1.86 bits per heavy atom. The molecule has 21 heavy (non-hydrogen) atoms. The number of carbonyl (C=O) groups is 1. The van der Waals surface area contributed by atoms with E-state index in [2.05, 4.69) is 5.32 Å². The number of carbonyl (C=O) groups excluding carboxylic acids is 1. The SMILES string of the molecule is COc1c(C(=O)NC2C3CC4CC(C3)CC2C4)csc1Cl. The highest BCUT2D eigenvalue weighted by atomic mass is 35.5. The van der Waals surface area contributed by atoms with Crippen LogP contribution in [0.2, 0.25) is 4.34 Å². The number of hydrogen-bond acceptors (Lipinski definition) is 3. The normalized spacial score (nSPS) is 36.8. The topological polar surface area (TPSA) is 38.3 Å². The van der Waals surface area contributed by atoms with Crippen LogP contribution < -0.4 is 10.1 Å². The molecule has 1 heterocycles. The summed E-state index contributed by atoms with van der Waals surface area (Å²) in [6, 6.07) is 0.355. The van der Waals surface area contributed by atoms with Crippen LogP contribution in [0.1, 0.15) is 42.5 Å². The van der Waals surface area contributed by atoms with Crippen LogP contribution in [0.3, 0.4) is 0 Å². The van der Waals surface area contributed by atoms with Crippen LogP contribution in [0.4, 0.5) is 0 Å². The number of thiophene rings is 1. The molecule has 1 aromatic heterocycles. The van der Waals surface area contributed by atoms with Gasteiger partial charge in [0, 0.05) is 11.4 Å². The summed E-state index contributed by atoms with van der Waals surface area (Å²) in [5.74, 6) is 3.71. The van der Waals surface area contributed by atoms with Gasteiger partial charge in [-0.25, -0.2) is 0 Å². The number of methoxy groups -OCH3 is 1. The lowest BCUT2D eigenvalue weighted by Crippen LogP contribution is -2.55. The van der Waals surface area contributed by atoms with E-state index in [9.17, 15) is 4.79 Å². The number of hydrogen-bond donors (Lipinski definition) is 1.